The number of fused-ring (bicyclic) bond motifs is 1. The van der Waals surface area contributed by atoms with Crippen LogP contribution in [-0.2, 0) is 5.41 Å². The maximum atomic E-state index is 2.34. The molecular formula is C33H30. The van der Waals surface area contributed by atoms with Crippen molar-refractivity contribution >= 4 is 43.1 Å². The van der Waals surface area contributed by atoms with Gasteiger partial charge in [0, 0.05) is 0 Å². The molecule has 0 heteroatoms. The summed E-state index contributed by atoms with van der Waals surface area (Å²) in [7, 11) is 0. The van der Waals surface area contributed by atoms with Gasteiger partial charge < -0.3 is 0 Å². The fourth-order valence-corrected chi connectivity index (χ4v) is 5.75. The van der Waals surface area contributed by atoms with E-state index in [-0.39, 0.29) is 5.41 Å². The van der Waals surface area contributed by atoms with Crippen LogP contribution in [0.1, 0.15) is 51.7 Å². The van der Waals surface area contributed by atoms with Gasteiger partial charge in [0.2, 0.25) is 0 Å². The van der Waals surface area contributed by atoms with E-state index in [0.717, 1.165) is 0 Å². The van der Waals surface area contributed by atoms with Crippen LogP contribution in [0.15, 0.2) is 84.9 Å². The monoisotopic (exact) mass is 426 g/mol. The van der Waals surface area contributed by atoms with Crippen LogP contribution in [0.3, 0.4) is 0 Å². The molecule has 0 saturated carbocycles. The Balaban J connectivity index is 1.73. The van der Waals surface area contributed by atoms with Gasteiger partial charge in [-0.05, 0) is 76.7 Å². The van der Waals surface area contributed by atoms with Crippen molar-refractivity contribution in [2.24, 2.45) is 0 Å². The zero-order chi connectivity index (χ0) is 22.9. The quantitative estimate of drug-likeness (QED) is 0.242. The Morgan fingerprint density at radius 1 is 0.515 bits per heavy atom. The summed E-state index contributed by atoms with van der Waals surface area (Å²) in [6.07, 6.45) is 0. The van der Waals surface area contributed by atoms with Gasteiger partial charge in [-0.15, -0.1) is 0 Å². The number of rotatable bonds is 2. The topological polar surface area (TPSA) is 0 Å². The first-order valence-electron chi connectivity index (χ1n) is 12.1. The van der Waals surface area contributed by atoms with E-state index in [9.17, 15) is 0 Å². The molecule has 0 heterocycles. The molecule has 0 atom stereocenters. The first kappa shape index (κ1) is 20.2. The van der Waals surface area contributed by atoms with Gasteiger partial charge in [-0.25, -0.2) is 0 Å². The van der Waals surface area contributed by atoms with Crippen LogP contribution in [0.4, 0.5) is 0 Å². The van der Waals surface area contributed by atoms with Crippen LogP contribution in [0, 0.1) is 0 Å². The second-order valence-corrected chi connectivity index (χ2v) is 10.8. The first-order chi connectivity index (χ1) is 15.8. The molecule has 33 heavy (non-hydrogen) atoms. The molecule has 0 amide bonds. The van der Waals surface area contributed by atoms with Crippen molar-refractivity contribution in [3.05, 3.63) is 96.1 Å². The Kier molecular flexibility index (Phi) is 4.33. The summed E-state index contributed by atoms with van der Waals surface area (Å²) in [5, 5.41) is 10.9. The van der Waals surface area contributed by atoms with Crippen molar-refractivity contribution in [3.8, 4) is 11.1 Å². The lowest BCUT2D eigenvalue weighted by molar-refractivity contribution is 0.596. The molecular weight excluding hydrogens is 396 g/mol. The highest BCUT2D eigenvalue weighted by Gasteiger charge is 2.20. The molecule has 0 fully saturated rings. The SMILES string of the molecule is CC(C)c1ccc2ccc3c(-c4ccc(C(C)(C)C)c5ccccc45)ccc4ccc1c2c43. The Morgan fingerprint density at radius 2 is 1.06 bits per heavy atom. The fraction of sp³-hybridized carbons (Fsp3) is 0.212. The zero-order valence-electron chi connectivity index (χ0n) is 20.2. The third-order valence-electron chi connectivity index (χ3n) is 7.34. The largest absolute Gasteiger partial charge is 0.0616 e. The van der Waals surface area contributed by atoms with Gasteiger partial charge in [-0.2, -0.15) is 0 Å². The molecule has 0 aromatic heterocycles. The molecule has 0 nitrogen and oxygen atoms in total. The average molecular weight is 427 g/mol. The van der Waals surface area contributed by atoms with Crippen LogP contribution in [0.5, 0.6) is 0 Å². The second-order valence-electron chi connectivity index (χ2n) is 10.8. The lowest BCUT2D eigenvalue weighted by atomic mass is 9.81. The van der Waals surface area contributed by atoms with E-state index in [0.29, 0.717) is 5.92 Å². The third-order valence-corrected chi connectivity index (χ3v) is 7.34. The van der Waals surface area contributed by atoms with Crippen LogP contribution in [-0.4, -0.2) is 0 Å². The molecule has 0 aliphatic rings. The summed E-state index contributed by atoms with van der Waals surface area (Å²) in [4.78, 5) is 0. The molecule has 6 rings (SSSR count). The summed E-state index contributed by atoms with van der Waals surface area (Å²) in [6.45, 7) is 11.5. The van der Waals surface area contributed by atoms with Gasteiger partial charge in [-0.3, -0.25) is 0 Å². The van der Waals surface area contributed by atoms with E-state index < -0.39 is 0 Å². The minimum absolute atomic E-state index is 0.105. The number of benzene rings is 6. The van der Waals surface area contributed by atoms with Crippen molar-refractivity contribution in [2.75, 3.05) is 0 Å². The summed E-state index contributed by atoms with van der Waals surface area (Å²) in [5.41, 5.74) is 5.58. The standard InChI is InChI=1S/C33H30/c1-20(2)23-14-10-21-13-17-29-26(15-11-22-12-16-28(23)31(21)32(22)29)25-18-19-30(33(3,4)5)27-9-7-6-8-24(25)27/h6-20H,1-5H3. The van der Waals surface area contributed by atoms with Crippen LogP contribution in [0.2, 0.25) is 0 Å². The van der Waals surface area contributed by atoms with Crippen LogP contribution < -0.4 is 0 Å². The normalized spacial score (nSPS) is 12.7. The lowest BCUT2D eigenvalue weighted by Gasteiger charge is -2.23. The molecule has 0 aliphatic heterocycles. The van der Waals surface area contributed by atoms with Gasteiger partial charge in [0.25, 0.3) is 0 Å². The minimum Gasteiger partial charge on any atom is -0.0616 e. The predicted octanol–water partition coefficient (Wildman–Crippen LogP) is 9.83. The second kappa shape index (κ2) is 7.06. The number of hydrogen-bond donors (Lipinski definition) is 0. The average Bonchev–Trinajstić information content (AvgIpc) is 2.81. The van der Waals surface area contributed by atoms with Crippen LogP contribution in [0.25, 0.3) is 54.2 Å². The van der Waals surface area contributed by atoms with Gasteiger partial charge in [0.15, 0.2) is 0 Å². The fourth-order valence-electron chi connectivity index (χ4n) is 5.75. The first-order valence-corrected chi connectivity index (χ1v) is 12.1. The smallest absolute Gasteiger partial charge is 0.00205 e. The summed E-state index contributed by atoms with van der Waals surface area (Å²) >= 11 is 0. The van der Waals surface area contributed by atoms with E-state index >= 15 is 0 Å². The Hall–Kier alpha value is -3.38. The summed E-state index contributed by atoms with van der Waals surface area (Å²) in [5.74, 6) is 0.503. The molecule has 0 N–H and O–H groups in total. The van der Waals surface area contributed by atoms with Gasteiger partial charge >= 0.3 is 0 Å². The molecule has 0 bridgehead atoms. The maximum Gasteiger partial charge on any atom is -0.00205 e. The van der Waals surface area contributed by atoms with Crippen molar-refractivity contribution < 1.29 is 0 Å². The molecule has 6 aromatic carbocycles. The summed E-state index contributed by atoms with van der Waals surface area (Å²) < 4.78 is 0. The third kappa shape index (κ3) is 2.97. The molecule has 0 saturated heterocycles. The Bertz CT molecular complexity index is 1660. The van der Waals surface area contributed by atoms with E-state index in [1.165, 1.54) is 65.3 Å². The molecule has 0 spiro atoms. The minimum atomic E-state index is 0.105. The van der Waals surface area contributed by atoms with E-state index in [2.05, 4.69) is 120 Å². The molecule has 0 radical (unpaired) electrons. The van der Waals surface area contributed by atoms with E-state index in [4.69, 9.17) is 0 Å². The predicted molar refractivity (Wildman–Crippen MR) is 146 cm³/mol. The van der Waals surface area contributed by atoms with Gasteiger partial charge in [0.05, 0.1) is 0 Å². The molecule has 0 aliphatic carbocycles. The lowest BCUT2D eigenvalue weighted by Crippen LogP contribution is -2.11. The van der Waals surface area contributed by atoms with Gasteiger partial charge in [-0.1, -0.05) is 120 Å². The van der Waals surface area contributed by atoms with Crippen molar-refractivity contribution in [1.82, 2.24) is 0 Å². The maximum absolute atomic E-state index is 2.34. The summed E-state index contributed by atoms with van der Waals surface area (Å²) in [6, 6.07) is 32.1. The Labute approximate surface area is 196 Å². The highest BCUT2D eigenvalue weighted by atomic mass is 14.2. The Morgan fingerprint density at radius 3 is 1.76 bits per heavy atom. The van der Waals surface area contributed by atoms with E-state index in [1.807, 2.05) is 0 Å². The zero-order valence-corrected chi connectivity index (χ0v) is 20.2. The highest BCUT2D eigenvalue weighted by Crippen LogP contribution is 2.43. The van der Waals surface area contributed by atoms with Crippen LogP contribution >= 0.6 is 0 Å². The van der Waals surface area contributed by atoms with Crippen molar-refractivity contribution in [2.45, 2.75) is 46.0 Å². The van der Waals surface area contributed by atoms with Crippen molar-refractivity contribution in [3.63, 3.8) is 0 Å². The molecule has 0 unspecified atom stereocenters. The number of hydrogen-bond acceptors (Lipinski definition) is 0. The van der Waals surface area contributed by atoms with Gasteiger partial charge in [0.1, 0.15) is 0 Å². The van der Waals surface area contributed by atoms with E-state index in [1.54, 1.807) is 0 Å². The molecule has 6 aromatic rings. The molecule has 162 valence electrons. The van der Waals surface area contributed by atoms with Crippen molar-refractivity contribution in [1.29, 1.82) is 0 Å². The highest BCUT2D eigenvalue weighted by molar-refractivity contribution is 6.26.